The number of ether oxygens (including phenoxy) is 1. The third-order valence-corrected chi connectivity index (χ3v) is 2.12. The van der Waals surface area contributed by atoms with E-state index in [0.29, 0.717) is 5.75 Å². The van der Waals surface area contributed by atoms with Crippen molar-refractivity contribution in [3.05, 3.63) is 47.4 Å². The Hall–Kier alpha value is -2.14. The molecule has 1 amide bonds. The number of hydrogen-bond donors (Lipinski definition) is 1. The number of aromatic nitrogens is 2. The molecule has 0 bridgehead atoms. The fraction of sp³-hybridized carbons (Fsp3) is 0. The molecule has 2 heterocycles. The molecule has 0 unspecified atom stereocenters. The lowest BCUT2D eigenvalue weighted by molar-refractivity contribution is 0.0994. The van der Waals surface area contributed by atoms with Crippen molar-refractivity contribution in [2.24, 2.45) is 5.73 Å². The second-order valence-corrected chi connectivity index (χ2v) is 3.39. The number of halogens is 1. The Morgan fingerprint density at radius 2 is 2.29 bits per heavy atom. The van der Waals surface area contributed by atoms with E-state index in [1.165, 1.54) is 18.3 Å². The second-order valence-electron chi connectivity index (χ2n) is 3.03. The molecular formula is C11H7ClN3O2. The van der Waals surface area contributed by atoms with Crippen LogP contribution in [0.5, 0.6) is 11.6 Å². The summed E-state index contributed by atoms with van der Waals surface area (Å²) in [6.45, 7) is 0. The summed E-state index contributed by atoms with van der Waals surface area (Å²) in [4.78, 5) is 18.6. The lowest BCUT2D eigenvalue weighted by Gasteiger charge is -2.05. The highest BCUT2D eigenvalue weighted by Gasteiger charge is 2.07. The summed E-state index contributed by atoms with van der Waals surface area (Å²) in [7, 11) is 0. The van der Waals surface area contributed by atoms with Crippen molar-refractivity contribution in [3.8, 4) is 11.6 Å². The van der Waals surface area contributed by atoms with E-state index >= 15 is 0 Å². The number of primary amides is 1. The van der Waals surface area contributed by atoms with Crippen LogP contribution in [-0.2, 0) is 0 Å². The quantitative estimate of drug-likeness (QED) is 0.841. The van der Waals surface area contributed by atoms with E-state index in [0.717, 1.165) is 0 Å². The van der Waals surface area contributed by atoms with E-state index in [9.17, 15) is 4.79 Å². The molecule has 0 fully saturated rings. The van der Waals surface area contributed by atoms with Crippen LogP contribution < -0.4 is 10.5 Å². The van der Waals surface area contributed by atoms with Crippen LogP contribution in [0, 0.1) is 6.07 Å². The van der Waals surface area contributed by atoms with Gasteiger partial charge in [-0.3, -0.25) is 4.79 Å². The van der Waals surface area contributed by atoms with Gasteiger partial charge in [-0.15, -0.1) is 0 Å². The molecule has 2 rings (SSSR count). The van der Waals surface area contributed by atoms with E-state index in [-0.39, 0.29) is 16.7 Å². The zero-order valence-electron chi connectivity index (χ0n) is 8.55. The van der Waals surface area contributed by atoms with Gasteiger partial charge in [-0.05, 0) is 18.2 Å². The van der Waals surface area contributed by atoms with Crippen molar-refractivity contribution in [2.45, 2.75) is 0 Å². The van der Waals surface area contributed by atoms with Gasteiger partial charge in [0.25, 0.3) is 5.91 Å². The highest BCUT2D eigenvalue weighted by atomic mass is 35.5. The first-order valence-corrected chi connectivity index (χ1v) is 5.01. The molecule has 1 radical (unpaired) electrons. The molecule has 0 spiro atoms. The standard InChI is InChI=1S/C11H7ClN3O2/c12-10-8(4-2-6-14-10)17-9-5-1-3-7(15-9)11(13)16/h1-2,4-6H,(H2,13,16). The smallest absolute Gasteiger partial charge is 0.268 e. The molecule has 5 nitrogen and oxygen atoms in total. The molecular weight excluding hydrogens is 242 g/mol. The van der Waals surface area contributed by atoms with Gasteiger partial charge in [0.05, 0.1) is 0 Å². The zero-order chi connectivity index (χ0) is 12.3. The molecule has 0 aromatic carbocycles. The molecule has 0 atom stereocenters. The number of hydrogen-bond acceptors (Lipinski definition) is 4. The van der Waals surface area contributed by atoms with Crippen molar-refractivity contribution in [3.63, 3.8) is 0 Å². The van der Waals surface area contributed by atoms with Gasteiger partial charge < -0.3 is 10.5 Å². The summed E-state index contributed by atoms with van der Waals surface area (Å²) in [6.07, 6.45) is 1.54. The van der Waals surface area contributed by atoms with Gasteiger partial charge in [-0.2, -0.15) is 0 Å². The fourth-order valence-corrected chi connectivity index (χ4v) is 1.27. The van der Waals surface area contributed by atoms with Crippen LogP contribution in [0.4, 0.5) is 0 Å². The summed E-state index contributed by atoms with van der Waals surface area (Å²) in [5.41, 5.74) is 5.08. The first-order chi connectivity index (χ1) is 8.16. The summed E-state index contributed by atoms with van der Waals surface area (Å²) >= 11 is 5.81. The van der Waals surface area contributed by atoms with Crippen LogP contribution in [0.25, 0.3) is 0 Å². The number of nitrogens with zero attached hydrogens (tertiary/aromatic N) is 2. The summed E-state index contributed by atoms with van der Waals surface area (Å²) < 4.78 is 5.37. The van der Waals surface area contributed by atoms with Gasteiger partial charge in [-0.1, -0.05) is 11.6 Å². The minimum atomic E-state index is -0.673. The molecule has 0 aliphatic heterocycles. The van der Waals surface area contributed by atoms with E-state index in [1.807, 2.05) is 0 Å². The van der Waals surface area contributed by atoms with E-state index in [1.54, 1.807) is 12.1 Å². The minimum absolute atomic E-state index is 0.00233. The van der Waals surface area contributed by atoms with Gasteiger partial charge in [0.2, 0.25) is 5.88 Å². The first-order valence-electron chi connectivity index (χ1n) is 4.64. The van der Waals surface area contributed by atoms with Crippen LogP contribution >= 0.6 is 11.6 Å². The van der Waals surface area contributed by atoms with Crippen molar-refractivity contribution in [2.75, 3.05) is 0 Å². The van der Waals surface area contributed by atoms with Gasteiger partial charge >= 0.3 is 0 Å². The number of nitrogens with two attached hydrogens (primary N) is 1. The maximum Gasteiger partial charge on any atom is 0.268 e. The molecule has 17 heavy (non-hydrogen) atoms. The van der Waals surface area contributed by atoms with Gasteiger partial charge in [-0.25, -0.2) is 9.97 Å². The van der Waals surface area contributed by atoms with Crippen molar-refractivity contribution < 1.29 is 9.53 Å². The SMILES string of the molecule is NC(=O)c1[c]ccc(Oc2cccnc2Cl)n1. The van der Waals surface area contributed by atoms with Crippen molar-refractivity contribution >= 4 is 17.5 Å². The van der Waals surface area contributed by atoms with Crippen LogP contribution in [0.2, 0.25) is 5.15 Å². The molecule has 2 aromatic heterocycles. The molecule has 85 valence electrons. The Bertz CT molecular complexity index is 560. The van der Waals surface area contributed by atoms with E-state index < -0.39 is 5.91 Å². The Kier molecular flexibility index (Phi) is 3.20. The fourth-order valence-electron chi connectivity index (χ4n) is 1.11. The maximum absolute atomic E-state index is 10.9. The molecule has 2 N–H and O–H groups in total. The number of pyridine rings is 2. The predicted octanol–water partition coefficient (Wildman–Crippen LogP) is 1.82. The zero-order valence-corrected chi connectivity index (χ0v) is 9.31. The normalized spacial score (nSPS) is 9.94. The number of carbonyl (C=O) groups is 1. The number of carbonyl (C=O) groups excluding carboxylic acids is 1. The highest BCUT2D eigenvalue weighted by molar-refractivity contribution is 6.30. The van der Waals surface area contributed by atoms with Gasteiger partial charge in [0.1, 0.15) is 5.69 Å². The number of amides is 1. The minimum Gasteiger partial charge on any atom is -0.436 e. The van der Waals surface area contributed by atoms with Crippen molar-refractivity contribution in [1.29, 1.82) is 0 Å². The highest BCUT2D eigenvalue weighted by Crippen LogP contribution is 2.25. The molecule has 0 aliphatic carbocycles. The van der Waals surface area contributed by atoms with E-state index in [4.69, 9.17) is 22.1 Å². The molecule has 0 saturated heterocycles. The lowest BCUT2D eigenvalue weighted by Crippen LogP contribution is -2.13. The molecule has 0 saturated carbocycles. The molecule has 0 aliphatic rings. The average molecular weight is 249 g/mol. The average Bonchev–Trinajstić information content (AvgIpc) is 2.32. The Morgan fingerprint density at radius 1 is 1.47 bits per heavy atom. The first kappa shape index (κ1) is 11.3. The Balaban J connectivity index is 2.28. The predicted molar refractivity (Wildman–Crippen MR) is 60.9 cm³/mol. The molecule has 2 aromatic rings. The lowest BCUT2D eigenvalue weighted by atomic mass is 10.3. The summed E-state index contributed by atoms with van der Waals surface area (Å²) in [6, 6.07) is 8.93. The van der Waals surface area contributed by atoms with Crippen molar-refractivity contribution in [1.82, 2.24) is 9.97 Å². The van der Waals surface area contributed by atoms with Crippen LogP contribution in [0.1, 0.15) is 10.5 Å². The van der Waals surface area contributed by atoms with E-state index in [2.05, 4.69) is 16.0 Å². The van der Waals surface area contributed by atoms with Crippen LogP contribution in [-0.4, -0.2) is 15.9 Å². The van der Waals surface area contributed by atoms with Crippen LogP contribution in [0.15, 0.2) is 30.5 Å². The molecule has 6 heteroatoms. The number of rotatable bonds is 3. The van der Waals surface area contributed by atoms with Gasteiger partial charge in [0.15, 0.2) is 10.9 Å². The van der Waals surface area contributed by atoms with Crippen LogP contribution in [0.3, 0.4) is 0 Å². The largest absolute Gasteiger partial charge is 0.436 e. The summed E-state index contributed by atoms with van der Waals surface area (Å²) in [5.74, 6) is -0.122. The Morgan fingerprint density at radius 3 is 3.00 bits per heavy atom. The monoisotopic (exact) mass is 248 g/mol. The Labute approximate surface area is 102 Å². The summed E-state index contributed by atoms with van der Waals surface area (Å²) in [5, 5.41) is 0.211. The maximum atomic E-state index is 10.9. The third-order valence-electron chi connectivity index (χ3n) is 1.84. The third kappa shape index (κ3) is 2.70. The van der Waals surface area contributed by atoms with Gasteiger partial charge in [0, 0.05) is 18.3 Å². The second kappa shape index (κ2) is 4.80. The topological polar surface area (TPSA) is 78.1 Å².